The number of fused-ring (bicyclic) bond motifs is 1. The van der Waals surface area contributed by atoms with Crippen LogP contribution in [-0.4, -0.2) is 40.0 Å². The van der Waals surface area contributed by atoms with Crippen LogP contribution in [0.2, 0.25) is 0 Å². The van der Waals surface area contributed by atoms with Gasteiger partial charge in [0.1, 0.15) is 5.03 Å². The van der Waals surface area contributed by atoms with Gasteiger partial charge in [0.25, 0.3) is 0 Å². The first-order valence-electron chi connectivity index (χ1n) is 9.84. The molecule has 0 unspecified atom stereocenters. The standard InChI is InChI=1S/C22H20N8S/c1-22(2,3)16-11-9-15(10-12-16)20-24-25-21(29(20)17-7-5-4-6-8-17)31-19-14-13-18-23-27-28-30(18)26-19/h4-14H,1-3H3. The summed E-state index contributed by atoms with van der Waals surface area (Å²) in [5.41, 5.74) is 3.94. The van der Waals surface area contributed by atoms with Crippen molar-refractivity contribution in [2.24, 2.45) is 0 Å². The predicted octanol–water partition coefficient (Wildman–Crippen LogP) is 4.22. The van der Waals surface area contributed by atoms with Crippen LogP contribution in [0.3, 0.4) is 0 Å². The number of rotatable bonds is 4. The van der Waals surface area contributed by atoms with Gasteiger partial charge in [-0.3, -0.25) is 4.57 Å². The Balaban J connectivity index is 1.58. The van der Waals surface area contributed by atoms with E-state index >= 15 is 0 Å². The molecule has 0 saturated heterocycles. The van der Waals surface area contributed by atoms with Gasteiger partial charge in [0, 0.05) is 11.3 Å². The van der Waals surface area contributed by atoms with Gasteiger partial charge in [0.15, 0.2) is 11.5 Å². The van der Waals surface area contributed by atoms with Crippen molar-refractivity contribution in [3.05, 3.63) is 72.3 Å². The summed E-state index contributed by atoms with van der Waals surface area (Å²) in [6, 6.07) is 22.3. The molecular formula is C22H20N8S. The van der Waals surface area contributed by atoms with Gasteiger partial charge >= 0.3 is 0 Å². The number of hydrogen-bond acceptors (Lipinski definition) is 7. The highest BCUT2D eigenvalue weighted by Crippen LogP contribution is 2.32. The Morgan fingerprint density at radius 2 is 1.58 bits per heavy atom. The molecule has 0 fully saturated rings. The maximum Gasteiger partial charge on any atom is 0.202 e. The van der Waals surface area contributed by atoms with Crippen molar-refractivity contribution in [3.63, 3.8) is 0 Å². The summed E-state index contributed by atoms with van der Waals surface area (Å²) in [6.07, 6.45) is 0. The molecule has 8 nitrogen and oxygen atoms in total. The Labute approximate surface area is 183 Å². The van der Waals surface area contributed by atoms with E-state index in [9.17, 15) is 0 Å². The Kier molecular flexibility index (Phi) is 4.74. The zero-order chi connectivity index (χ0) is 21.4. The summed E-state index contributed by atoms with van der Waals surface area (Å²) in [4.78, 5) is 0. The number of tetrazole rings is 1. The van der Waals surface area contributed by atoms with Crippen molar-refractivity contribution < 1.29 is 0 Å². The second-order valence-corrected chi connectivity index (χ2v) is 9.09. The van der Waals surface area contributed by atoms with Gasteiger partial charge in [-0.1, -0.05) is 63.2 Å². The fourth-order valence-corrected chi connectivity index (χ4v) is 4.04. The molecule has 9 heteroatoms. The van der Waals surface area contributed by atoms with Crippen LogP contribution < -0.4 is 0 Å². The molecule has 0 bridgehead atoms. The Morgan fingerprint density at radius 1 is 0.806 bits per heavy atom. The van der Waals surface area contributed by atoms with E-state index in [1.54, 1.807) is 0 Å². The quantitative estimate of drug-likeness (QED) is 0.424. The van der Waals surface area contributed by atoms with Gasteiger partial charge in [-0.2, -0.15) is 0 Å². The number of benzene rings is 2. The van der Waals surface area contributed by atoms with E-state index in [2.05, 4.69) is 75.9 Å². The highest BCUT2D eigenvalue weighted by Gasteiger charge is 2.19. The summed E-state index contributed by atoms with van der Waals surface area (Å²) < 4.78 is 3.44. The Morgan fingerprint density at radius 3 is 2.32 bits per heavy atom. The average Bonchev–Trinajstić information content (AvgIpc) is 3.40. The molecule has 0 amide bonds. The molecule has 0 spiro atoms. The van der Waals surface area contributed by atoms with Crippen LogP contribution in [0, 0.1) is 0 Å². The normalized spacial score (nSPS) is 11.8. The molecule has 31 heavy (non-hydrogen) atoms. The Bertz CT molecular complexity index is 1330. The third-order valence-corrected chi connectivity index (χ3v) is 5.77. The lowest BCUT2D eigenvalue weighted by Gasteiger charge is -2.19. The average molecular weight is 429 g/mol. The fourth-order valence-electron chi connectivity index (χ4n) is 3.23. The minimum atomic E-state index is 0.0905. The molecule has 0 aliphatic heterocycles. The van der Waals surface area contributed by atoms with E-state index in [4.69, 9.17) is 0 Å². The van der Waals surface area contributed by atoms with E-state index in [1.165, 1.54) is 22.0 Å². The summed E-state index contributed by atoms with van der Waals surface area (Å²) in [5, 5.41) is 26.3. The summed E-state index contributed by atoms with van der Waals surface area (Å²) in [5.74, 6) is 0.776. The van der Waals surface area contributed by atoms with Crippen LogP contribution in [0.15, 0.2) is 76.9 Å². The molecule has 0 N–H and O–H groups in total. The Hall–Kier alpha value is -3.59. The maximum absolute atomic E-state index is 4.52. The SMILES string of the molecule is CC(C)(C)c1ccc(-c2nnc(Sc3ccc4nnnn4n3)n2-c2ccccc2)cc1. The molecule has 5 aromatic rings. The topological polar surface area (TPSA) is 86.7 Å². The van der Waals surface area contributed by atoms with Crippen molar-refractivity contribution in [3.8, 4) is 17.1 Å². The zero-order valence-electron chi connectivity index (χ0n) is 17.3. The van der Waals surface area contributed by atoms with Gasteiger partial charge in [0.2, 0.25) is 5.16 Å². The van der Waals surface area contributed by atoms with Crippen LogP contribution in [0.1, 0.15) is 26.3 Å². The van der Waals surface area contributed by atoms with Crippen molar-refractivity contribution in [2.75, 3.05) is 0 Å². The van der Waals surface area contributed by atoms with Gasteiger partial charge in [-0.15, -0.1) is 25.0 Å². The molecule has 0 radical (unpaired) electrons. The summed E-state index contributed by atoms with van der Waals surface area (Å²) in [6.45, 7) is 6.62. The van der Waals surface area contributed by atoms with Crippen molar-refractivity contribution in [1.29, 1.82) is 0 Å². The molecule has 0 aliphatic carbocycles. The lowest BCUT2D eigenvalue weighted by molar-refractivity contribution is 0.590. The predicted molar refractivity (Wildman–Crippen MR) is 118 cm³/mol. The van der Waals surface area contributed by atoms with Crippen LogP contribution in [0.25, 0.3) is 22.7 Å². The summed E-state index contributed by atoms with van der Waals surface area (Å²) >= 11 is 1.41. The van der Waals surface area contributed by atoms with Crippen molar-refractivity contribution in [1.82, 2.24) is 40.0 Å². The van der Waals surface area contributed by atoms with E-state index in [0.717, 1.165) is 22.1 Å². The van der Waals surface area contributed by atoms with E-state index in [1.807, 2.05) is 47.0 Å². The number of para-hydroxylation sites is 1. The second kappa shape index (κ2) is 7.59. The molecule has 3 heterocycles. The van der Waals surface area contributed by atoms with Gasteiger partial charge in [-0.25, -0.2) is 0 Å². The van der Waals surface area contributed by atoms with Gasteiger partial charge in [-0.05, 0) is 57.4 Å². The first-order chi connectivity index (χ1) is 15.0. The van der Waals surface area contributed by atoms with E-state index in [-0.39, 0.29) is 5.41 Å². The smallest absolute Gasteiger partial charge is 0.202 e. The maximum atomic E-state index is 4.52. The zero-order valence-corrected chi connectivity index (χ0v) is 18.2. The molecule has 5 rings (SSSR count). The fraction of sp³-hybridized carbons (Fsp3) is 0.182. The minimum Gasteiger partial charge on any atom is -0.270 e. The van der Waals surface area contributed by atoms with Gasteiger partial charge < -0.3 is 0 Å². The largest absolute Gasteiger partial charge is 0.270 e. The van der Waals surface area contributed by atoms with Crippen LogP contribution in [0.5, 0.6) is 0 Å². The number of hydrogen-bond donors (Lipinski definition) is 0. The third-order valence-electron chi connectivity index (χ3n) is 4.90. The molecule has 2 aromatic carbocycles. The lowest BCUT2D eigenvalue weighted by atomic mass is 9.87. The van der Waals surface area contributed by atoms with Gasteiger partial charge in [0.05, 0.1) is 0 Å². The van der Waals surface area contributed by atoms with Crippen molar-refractivity contribution >= 4 is 17.4 Å². The molecule has 3 aromatic heterocycles. The van der Waals surface area contributed by atoms with E-state index < -0.39 is 0 Å². The lowest BCUT2D eigenvalue weighted by Crippen LogP contribution is -2.10. The molecular weight excluding hydrogens is 408 g/mol. The number of nitrogens with zero attached hydrogens (tertiary/aromatic N) is 8. The minimum absolute atomic E-state index is 0.0905. The van der Waals surface area contributed by atoms with Crippen LogP contribution in [-0.2, 0) is 5.41 Å². The van der Waals surface area contributed by atoms with E-state index in [0.29, 0.717) is 10.8 Å². The first kappa shape index (κ1) is 19.4. The highest BCUT2D eigenvalue weighted by atomic mass is 32.2. The molecule has 0 saturated carbocycles. The highest BCUT2D eigenvalue weighted by molar-refractivity contribution is 7.99. The number of aromatic nitrogens is 8. The monoisotopic (exact) mass is 428 g/mol. The molecule has 0 atom stereocenters. The van der Waals surface area contributed by atoms with Crippen LogP contribution in [0.4, 0.5) is 0 Å². The molecule has 154 valence electrons. The van der Waals surface area contributed by atoms with Crippen LogP contribution >= 0.6 is 11.8 Å². The molecule has 0 aliphatic rings. The summed E-state index contributed by atoms with van der Waals surface area (Å²) in [7, 11) is 0. The second-order valence-electron chi connectivity index (χ2n) is 8.10. The van der Waals surface area contributed by atoms with Crippen molar-refractivity contribution in [2.45, 2.75) is 36.4 Å². The first-order valence-corrected chi connectivity index (χ1v) is 10.7. The third kappa shape index (κ3) is 3.79.